The first kappa shape index (κ1) is 19.9. The lowest BCUT2D eigenvalue weighted by atomic mass is 10.1. The largest absolute Gasteiger partial charge is 0.492 e. The monoisotopic (exact) mass is 416 g/mol. The Morgan fingerprint density at radius 3 is 2.61 bits per heavy atom. The number of anilines is 1. The molecule has 3 aromatic rings. The van der Waals surface area contributed by atoms with Crippen molar-refractivity contribution >= 4 is 35.1 Å². The second-order valence-electron chi connectivity index (χ2n) is 5.91. The van der Waals surface area contributed by atoms with Crippen LogP contribution < -0.4 is 15.8 Å². The molecule has 0 aliphatic rings. The highest BCUT2D eigenvalue weighted by Gasteiger charge is 2.05. The third kappa shape index (κ3) is 5.34. The number of primary amides is 1. The lowest BCUT2D eigenvalue weighted by molar-refractivity contribution is 0.100. The summed E-state index contributed by atoms with van der Waals surface area (Å²) in [6.07, 6.45) is 2.41. The molecule has 8 heteroatoms. The maximum absolute atomic E-state index is 11.2. The van der Waals surface area contributed by atoms with Crippen LogP contribution in [0, 0.1) is 0 Å². The minimum atomic E-state index is -0.460. The number of halogens is 2. The summed E-state index contributed by atoms with van der Waals surface area (Å²) < 4.78 is 5.64. The summed E-state index contributed by atoms with van der Waals surface area (Å²) in [4.78, 5) is 19.9. The number of aromatic nitrogens is 2. The van der Waals surface area contributed by atoms with E-state index < -0.39 is 5.91 Å². The number of nitrogens with one attached hydrogen (secondary N) is 1. The van der Waals surface area contributed by atoms with Crippen LogP contribution in [-0.2, 0) is 0 Å². The van der Waals surface area contributed by atoms with Gasteiger partial charge in [0.05, 0.1) is 17.3 Å². The minimum absolute atomic E-state index is 0.456. The van der Waals surface area contributed by atoms with Crippen molar-refractivity contribution in [2.75, 3.05) is 18.5 Å². The van der Waals surface area contributed by atoms with Gasteiger partial charge in [-0.1, -0.05) is 35.3 Å². The van der Waals surface area contributed by atoms with Crippen molar-refractivity contribution in [2.24, 2.45) is 5.73 Å². The molecule has 6 nitrogen and oxygen atoms in total. The third-order valence-corrected chi connectivity index (χ3v) is 4.41. The van der Waals surface area contributed by atoms with E-state index in [1.807, 2.05) is 0 Å². The van der Waals surface area contributed by atoms with E-state index in [1.54, 1.807) is 54.7 Å². The van der Waals surface area contributed by atoms with Crippen LogP contribution >= 0.6 is 23.2 Å². The molecule has 0 bridgehead atoms. The van der Waals surface area contributed by atoms with Gasteiger partial charge in [0.25, 0.3) is 0 Å². The second-order valence-corrected chi connectivity index (χ2v) is 6.75. The summed E-state index contributed by atoms with van der Waals surface area (Å²) in [6.45, 7) is 1.12. The van der Waals surface area contributed by atoms with Crippen molar-refractivity contribution in [1.82, 2.24) is 9.97 Å². The van der Waals surface area contributed by atoms with E-state index >= 15 is 0 Å². The Hall–Kier alpha value is -2.83. The fraction of sp³-hybridized carbons (Fsp3) is 0.150. The Morgan fingerprint density at radius 1 is 1.11 bits per heavy atom. The molecule has 0 radical (unpaired) electrons. The zero-order chi connectivity index (χ0) is 19.9. The van der Waals surface area contributed by atoms with Crippen LogP contribution in [-0.4, -0.2) is 29.0 Å². The first-order chi connectivity index (χ1) is 13.5. The molecule has 1 amide bonds. The van der Waals surface area contributed by atoms with E-state index in [1.165, 1.54) is 0 Å². The maximum Gasteiger partial charge on any atom is 0.248 e. The van der Waals surface area contributed by atoms with Crippen molar-refractivity contribution in [3.05, 3.63) is 70.3 Å². The van der Waals surface area contributed by atoms with Gasteiger partial charge in [-0.25, -0.2) is 9.97 Å². The van der Waals surface area contributed by atoms with Crippen LogP contribution in [0.4, 0.5) is 5.95 Å². The van der Waals surface area contributed by atoms with Gasteiger partial charge in [-0.3, -0.25) is 4.79 Å². The van der Waals surface area contributed by atoms with Crippen LogP contribution in [0.2, 0.25) is 10.0 Å². The van der Waals surface area contributed by atoms with E-state index in [2.05, 4.69) is 15.3 Å². The Bertz CT molecular complexity index is 965. The average molecular weight is 417 g/mol. The number of nitrogens with zero attached hydrogens (tertiary/aromatic N) is 2. The first-order valence-electron chi connectivity index (χ1n) is 8.58. The van der Waals surface area contributed by atoms with Crippen molar-refractivity contribution in [1.29, 1.82) is 0 Å². The minimum Gasteiger partial charge on any atom is -0.492 e. The highest BCUT2D eigenvalue weighted by atomic mass is 35.5. The van der Waals surface area contributed by atoms with Crippen molar-refractivity contribution in [3.63, 3.8) is 0 Å². The fourth-order valence-electron chi connectivity index (χ4n) is 2.46. The molecule has 3 rings (SSSR count). The molecule has 1 aromatic heterocycles. The molecule has 2 aromatic carbocycles. The molecular formula is C20H18Cl2N4O2. The zero-order valence-corrected chi connectivity index (χ0v) is 16.4. The summed E-state index contributed by atoms with van der Waals surface area (Å²) in [6, 6.07) is 13.9. The van der Waals surface area contributed by atoms with E-state index in [0.717, 1.165) is 17.7 Å². The van der Waals surface area contributed by atoms with Crippen LogP contribution in [0.5, 0.6) is 5.75 Å². The van der Waals surface area contributed by atoms with Gasteiger partial charge in [0.1, 0.15) is 5.75 Å². The van der Waals surface area contributed by atoms with Gasteiger partial charge in [-0.2, -0.15) is 0 Å². The predicted molar refractivity (Wildman–Crippen MR) is 111 cm³/mol. The summed E-state index contributed by atoms with van der Waals surface area (Å²) in [7, 11) is 0. The van der Waals surface area contributed by atoms with Gasteiger partial charge in [0, 0.05) is 28.9 Å². The molecule has 144 valence electrons. The highest BCUT2D eigenvalue weighted by Crippen LogP contribution is 2.27. The summed E-state index contributed by atoms with van der Waals surface area (Å²) in [5, 5.41) is 4.22. The molecule has 28 heavy (non-hydrogen) atoms. The molecule has 0 unspecified atom stereocenters. The Kier molecular flexibility index (Phi) is 6.68. The van der Waals surface area contributed by atoms with Gasteiger partial charge < -0.3 is 15.8 Å². The number of hydrogen-bond donors (Lipinski definition) is 2. The smallest absolute Gasteiger partial charge is 0.248 e. The number of ether oxygens (including phenoxy) is 1. The molecule has 0 aliphatic carbocycles. The number of amides is 1. The molecule has 0 saturated carbocycles. The topological polar surface area (TPSA) is 90.1 Å². The number of benzene rings is 2. The number of nitrogens with two attached hydrogens (primary N) is 1. The fourth-order valence-corrected chi connectivity index (χ4v) is 2.92. The molecule has 0 atom stereocenters. The maximum atomic E-state index is 11.2. The third-order valence-electron chi connectivity index (χ3n) is 3.88. The van der Waals surface area contributed by atoms with Crippen LogP contribution in [0.3, 0.4) is 0 Å². The van der Waals surface area contributed by atoms with E-state index in [0.29, 0.717) is 40.5 Å². The average Bonchev–Trinajstić information content (AvgIpc) is 2.69. The molecule has 0 saturated heterocycles. The number of carbonyl (C=O) groups is 1. The Morgan fingerprint density at radius 2 is 1.89 bits per heavy atom. The molecule has 0 aliphatic heterocycles. The quantitative estimate of drug-likeness (QED) is 0.530. The van der Waals surface area contributed by atoms with Crippen LogP contribution in [0.15, 0.2) is 54.7 Å². The summed E-state index contributed by atoms with van der Waals surface area (Å²) >= 11 is 11.9. The van der Waals surface area contributed by atoms with Crippen molar-refractivity contribution < 1.29 is 9.53 Å². The lowest BCUT2D eigenvalue weighted by Crippen LogP contribution is -2.10. The first-order valence-corrected chi connectivity index (χ1v) is 9.33. The van der Waals surface area contributed by atoms with Crippen LogP contribution in [0.1, 0.15) is 16.8 Å². The lowest BCUT2D eigenvalue weighted by Gasteiger charge is -2.09. The highest BCUT2D eigenvalue weighted by molar-refractivity contribution is 6.35. The van der Waals surface area contributed by atoms with Gasteiger partial charge in [-0.05, 0) is 42.8 Å². The normalized spacial score (nSPS) is 10.5. The standard InChI is InChI=1S/C20H18Cl2N4O2/c21-15-6-7-18(16(22)12-15)28-11-1-9-24-20-25-10-8-17(26-20)13-2-4-14(5-3-13)19(23)27/h2-8,10,12H,1,9,11H2,(H2,23,27)(H,24,25,26). The molecule has 0 spiro atoms. The van der Waals surface area contributed by atoms with Gasteiger partial charge in [-0.15, -0.1) is 0 Å². The summed E-state index contributed by atoms with van der Waals surface area (Å²) in [5.41, 5.74) is 7.33. The van der Waals surface area contributed by atoms with E-state index in [-0.39, 0.29) is 0 Å². The predicted octanol–water partition coefficient (Wildman–Crippen LogP) is 4.43. The molecule has 0 fully saturated rings. The van der Waals surface area contributed by atoms with Crippen molar-refractivity contribution in [2.45, 2.75) is 6.42 Å². The Balaban J connectivity index is 1.51. The van der Waals surface area contributed by atoms with Gasteiger partial charge >= 0.3 is 0 Å². The second kappa shape index (κ2) is 9.39. The van der Waals surface area contributed by atoms with Crippen molar-refractivity contribution in [3.8, 4) is 17.0 Å². The van der Waals surface area contributed by atoms with Gasteiger partial charge in [0.15, 0.2) is 0 Å². The number of rotatable bonds is 8. The van der Waals surface area contributed by atoms with Crippen LogP contribution in [0.25, 0.3) is 11.3 Å². The van der Waals surface area contributed by atoms with E-state index in [9.17, 15) is 4.79 Å². The molecular weight excluding hydrogens is 399 g/mol. The zero-order valence-electron chi connectivity index (χ0n) is 14.9. The Labute approximate surface area is 172 Å². The van der Waals surface area contributed by atoms with E-state index in [4.69, 9.17) is 33.7 Å². The summed E-state index contributed by atoms with van der Waals surface area (Å²) in [5.74, 6) is 0.656. The van der Waals surface area contributed by atoms with Gasteiger partial charge in [0.2, 0.25) is 11.9 Å². The SMILES string of the molecule is NC(=O)c1ccc(-c2ccnc(NCCCOc3ccc(Cl)cc3Cl)n2)cc1. The number of hydrogen-bond acceptors (Lipinski definition) is 5. The molecule has 3 N–H and O–H groups in total. The molecule has 1 heterocycles. The number of carbonyl (C=O) groups excluding carboxylic acids is 1.